The SMILES string of the molecule is CC(C)Nc1ccnc(N)c1. The molecule has 11 heavy (non-hydrogen) atoms. The van der Waals surface area contributed by atoms with E-state index in [2.05, 4.69) is 24.1 Å². The van der Waals surface area contributed by atoms with Crippen LogP contribution in [0.1, 0.15) is 13.8 Å². The summed E-state index contributed by atoms with van der Waals surface area (Å²) in [5.74, 6) is 0.552. The monoisotopic (exact) mass is 151 g/mol. The van der Waals surface area contributed by atoms with E-state index in [1.54, 1.807) is 6.20 Å². The number of nitrogens with zero attached hydrogens (tertiary/aromatic N) is 1. The molecule has 1 aromatic heterocycles. The second-order valence-electron chi connectivity index (χ2n) is 2.77. The van der Waals surface area contributed by atoms with Crippen LogP contribution in [0.15, 0.2) is 18.3 Å². The molecule has 0 spiro atoms. The standard InChI is InChI=1S/C8H13N3/c1-6(2)11-7-3-4-10-8(9)5-7/h3-6H,1-2H3,(H3,9,10,11). The lowest BCUT2D eigenvalue weighted by Crippen LogP contribution is -2.09. The summed E-state index contributed by atoms with van der Waals surface area (Å²) in [5, 5.41) is 3.23. The van der Waals surface area contributed by atoms with E-state index in [0.29, 0.717) is 11.9 Å². The van der Waals surface area contributed by atoms with Crippen molar-refractivity contribution in [3.63, 3.8) is 0 Å². The van der Waals surface area contributed by atoms with Crippen LogP contribution >= 0.6 is 0 Å². The normalized spacial score (nSPS) is 10.1. The Morgan fingerprint density at radius 1 is 1.55 bits per heavy atom. The Balaban J connectivity index is 2.71. The first-order chi connectivity index (χ1) is 5.18. The second kappa shape index (κ2) is 3.23. The highest BCUT2D eigenvalue weighted by Crippen LogP contribution is 2.09. The van der Waals surface area contributed by atoms with Gasteiger partial charge < -0.3 is 11.1 Å². The van der Waals surface area contributed by atoms with Gasteiger partial charge in [-0.25, -0.2) is 4.98 Å². The van der Waals surface area contributed by atoms with Gasteiger partial charge in [-0.2, -0.15) is 0 Å². The van der Waals surface area contributed by atoms with Gasteiger partial charge in [0, 0.05) is 24.0 Å². The molecule has 3 N–H and O–H groups in total. The lowest BCUT2D eigenvalue weighted by atomic mass is 10.3. The second-order valence-corrected chi connectivity index (χ2v) is 2.77. The molecule has 3 heteroatoms. The van der Waals surface area contributed by atoms with Gasteiger partial charge in [-0.15, -0.1) is 0 Å². The van der Waals surface area contributed by atoms with Gasteiger partial charge in [-0.3, -0.25) is 0 Å². The molecule has 0 aliphatic heterocycles. The Morgan fingerprint density at radius 2 is 2.27 bits per heavy atom. The number of anilines is 2. The number of hydrogen-bond acceptors (Lipinski definition) is 3. The molecule has 0 saturated heterocycles. The summed E-state index contributed by atoms with van der Waals surface area (Å²) >= 11 is 0. The highest BCUT2D eigenvalue weighted by molar-refractivity contribution is 5.49. The van der Waals surface area contributed by atoms with Crippen molar-refractivity contribution in [2.45, 2.75) is 19.9 Å². The fraction of sp³-hybridized carbons (Fsp3) is 0.375. The van der Waals surface area contributed by atoms with Gasteiger partial charge in [0.05, 0.1) is 0 Å². The lowest BCUT2D eigenvalue weighted by Gasteiger charge is -2.09. The largest absolute Gasteiger partial charge is 0.384 e. The molecule has 0 atom stereocenters. The molecule has 0 saturated carbocycles. The van der Waals surface area contributed by atoms with E-state index >= 15 is 0 Å². The smallest absolute Gasteiger partial charge is 0.125 e. The Hall–Kier alpha value is -1.25. The third-order valence-corrected chi connectivity index (χ3v) is 1.24. The van der Waals surface area contributed by atoms with Crippen molar-refractivity contribution in [2.75, 3.05) is 11.1 Å². The molecule has 0 bridgehead atoms. The maximum atomic E-state index is 5.48. The van der Waals surface area contributed by atoms with Crippen molar-refractivity contribution < 1.29 is 0 Å². The highest BCUT2D eigenvalue weighted by atomic mass is 14.9. The molecule has 0 aliphatic carbocycles. The molecule has 1 rings (SSSR count). The fourth-order valence-corrected chi connectivity index (χ4v) is 0.871. The first-order valence-corrected chi connectivity index (χ1v) is 3.66. The van der Waals surface area contributed by atoms with Crippen molar-refractivity contribution >= 4 is 11.5 Å². The highest BCUT2D eigenvalue weighted by Gasteiger charge is 1.94. The third kappa shape index (κ3) is 2.45. The van der Waals surface area contributed by atoms with E-state index in [1.807, 2.05) is 12.1 Å². The van der Waals surface area contributed by atoms with Crippen LogP contribution in [-0.2, 0) is 0 Å². The van der Waals surface area contributed by atoms with Crippen molar-refractivity contribution in [2.24, 2.45) is 0 Å². The minimum absolute atomic E-state index is 0.428. The first kappa shape index (κ1) is 7.85. The molecule has 1 aromatic rings. The molecule has 0 aliphatic rings. The summed E-state index contributed by atoms with van der Waals surface area (Å²) in [6, 6.07) is 4.15. The Labute approximate surface area is 66.6 Å². The van der Waals surface area contributed by atoms with Crippen LogP contribution in [0.25, 0.3) is 0 Å². The minimum Gasteiger partial charge on any atom is -0.384 e. The lowest BCUT2D eigenvalue weighted by molar-refractivity contribution is 0.899. The molecular weight excluding hydrogens is 138 g/mol. The van der Waals surface area contributed by atoms with E-state index in [1.165, 1.54) is 0 Å². The number of nitrogens with two attached hydrogens (primary N) is 1. The number of rotatable bonds is 2. The van der Waals surface area contributed by atoms with Crippen molar-refractivity contribution in [1.29, 1.82) is 0 Å². The number of aromatic nitrogens is 1. The Morgan fingerprint density at radius 3 is 2.82 bits per heavy atom. The van der Waals surface area contributed by atoms with Crippen molar-refractivity contribution in [3.05, 3.63) is 18.3 Å². The van der Waals surface area contributed by atoms with Crippen molar-refractivity contribution in [1.82, 2.24) is 4.98 Å². The summed E-state index contributed by atoms with van der Waals surface area (Å²) in [5.41, 5.74) is 6.50. The van der Waals surface area contributed by atoms with E-state index in [9.17, 15) is 0 Å². The topological polar surface area (TPSA) is 50.9 Å². The van der Waals surface area contributed by atoms with Gasteiger partial charge in [-0.1, -0.05) is 0 Å². The van der Waals surface area contributed by atoms with Crippen LogP contribution in [0.5, 0.6) is 0 Å². The van der Waals surface area contributed by atoms with Gasteiger partial charge in [0.25, 0.3) is 0 Å². The quantitative estimate of drug-likeness (QED) is 0.673. The van der Waals surface area contributed by atoms with Gasteiger partial charge in [0.1, 0.15) is 5.82 Å². The first-order valence-electron chi connectivity index (χ1n) is 3.66. The number of pyridine rings is 1. The zero-order valence-electron chi connectivity index (χ0n) is 6.83. The van der Waals surface area contributed by atoms with E-state index in [4.69, 9.17) is 5.73 Å². The number of nitrogens with one attached hydrogen (secondary N) is 1. The summed E-state index contributed by atoms with van der Waals surface area (Å²) in [6.07, 6.45) is 1.69. The van der Waals surface area contributed by atoms with Crippen molar-refractivity contribution in [3.8, 4) is 0 Å². The minimum atomic E-state index is 0.428. The summed E-state index contributed by atoms with van der Waals surface area (Å²) in [7, 11) is 0. The summed E-state index contributed by atoms with van der Waals surface area (Å²) < 4.78 is 0. The third-order valence-electron chi connectivity index (χ3n) is 1.24. The predicted molar refractivity (Wildman–Crippen MR) is 47.4 cm³/mol. The molecule has 0 aromatic carbocycles. The van der Waals surface area contributed by atoms with Gasteiger partial charge in [0.2, 0.25) is 0 Å². The number of nitrogen functional groups attached to an aromatic ring is 1. The molecule has 3 nitrogen and oxygen atoms in total. The molecule has 0 radical (unpaired) electrons. The predicted octanol–water partition coefficient (Wildman–Crippen LogP) is 1.48. The average Bonchev–Trinajstić information content (AvgIpc) is 1.85. The molecule has 0 unspecified atom stereocenters. The zero-order valence-corrected chi connectivity index (χ0v) is 6.83. The summed E-state index contributed by atoms with van der Waals surface area (Å²) in [6.45, 7) is 4.16. The van der Waals surface area contributed by atoms with Crippen LogP contribution in [0.2, 0.25) is 0 Å². The number of hydrogen-bond donors (Lipinski definition) is 2. The van der Waals surface area contributed by atoms with E-state index < -0.39 is 0 Å². The zero-order chi connectivity index (χ0) is 8.27. The molecule has 1 heterocycles. The molecular formula is C8H13N3. The van der Waals surface area contributed by atoms with Crippen LogP contribution in [0.3, 0.4) is 0 Å². The maximum Gasteiger partial charge on any atom is 0.125 e. The van der Waals surface area contributed by atoms with Crippen LogP contribution in [-0.4, -0.2) is 11.0 Å². The van der Waals surface area contributed by atoms with Gasteiger partial charge in [0.15, 0.2) is 0 Å². The van der Waals surface area contributed by atoms with Crippen LogP contribution in [0, 0.1) is 0 Å². The van der Waals surface area contributed by atoms with Gasteiger partial charge >= 0.3 is 0 Å². The average molecular weight is 151 g/mol. The van der Waals surface area contributed by atoms with Crippen LogP contribution < -0.4 is 11.1 Å². The molecule has 0 amide bonds. The van der Waals surface area contributed by atoms with Crippen LogP contribution in [0.4, 0.5) is 11.5 Å². The maximum absolute atomic E-state index is 5.48. The van der Waals surface area contributed by atoms with Gasteiger partial charge in [-0.05, 0) is 19.9 Å². The fourth-order valence-electron chi connectivity index (χ4n) is 0.871. The van der Waals surface area contributed by atoms with E-state index in [-0.39, 0.29) is 0 Å². The molecule has 60 valence electrons. The Bertz CT molecular complexity index is 233. The Kier molecular flexibility index (Phi) is 2.31. The van der Waals surface area contributed by atoms with E-state index in [0.717, 1.165) is 5.69 Å². The molecule has 0 fully saturated rings. The summed E-state index contributed by atoms with van der Waals surface area (Å²) in [4.78, 5) is 3.88.